The van der Waals surface area contributed by atoms with Gasteiger partial charge in [0.1, 0.15) is 12.4 Å². The summed E-state index contributed by atoms with van der Waals surface area (Å²) in [5.41, 5.74) is 3.20. The number of cyclic esters (lactones) is 1. The van der Waals surface area contributed by atoms with E-state index in [0.29, 0.717) is 24.5 Å². The highest BCUT2D eigenvalue weighted by Crippen LogP contribution is 2.31. The first kappa shape index (κ1) is 34.9. The number of hydrogen-bond acceptors (Lipinski definition) is 6. The lowest BCUT2D eigenvalue weighted by molar-refractivity contribution is -0.166. The molecule has 6 nitrogen and oxygen atoms in total. The van der Waals surface area contributed by atoms with Crippen LogP contribution in [0.4, 0.5) is 0 Å². The van der Waals surface area contributed by atoms with Crippen LogP contribution in [0.1, 0.15) is 82.9 Å². The predicted octanol–water partition coefficient (Wildman–Crippen LogP) is 7.46. The number of carbonyl (C=O) groups is 2. The molecule has 6 heteroatoms. The van der Waals surface area contributed by atoms with Crippen molar-refractivity contribution in [2.75, 3.05) is 19.8 Å². The summed E-state index contributed by atoms with van der Waals surface area (Å²) in [6, 6.07) is 16.2. The summed E-state index contributed by atoms with van der Waals surface area (Å²) >= 11 is 0. The van der Waals surface area contributed by atoms with Crippen molar-refractivity contribution in [3.05, 3.63) is 76.9 Å². The molecule has 2 aromatic carbocycles. The van der Waals surface area contributed by atoms with Crippen molar-refractivity contribution in [2.24, 2.45) is 5.92 Å². The van der Waals surface area contributed by atoms with E-state index in [9.17, 15) is 14.7 Å². The second kappa shape index (κ2) is 19.0. The third-order valence-electron chi connectivity index (χ3n) is 6.28. The van der Waals surface area contributed by atoms with Crippen molar-refractivity contribution in [2.45, 2.75) is 92.6 Å². The van der Waals surface area contributed by atoms with Gasteiger partial charge in [-0.3, -0.25) is 4.79 Å². The second-order valence-electron chi connectivity index (χ2n) is 10.5. The van der Waals surface area contributed by atoms with Gasteiger partial charge in [-0.2, -0.15) is 0 Å². The zero-order valence-electron chi connectivity index (χ0n) is 25.6. The monoisotopic (exact) mass is 554 g/mol. The van der Waals surface area contributed by atoms with Gasteiger partial charge in [0.05, 0.1) is 13.2 Å². The smallest absolute Gasteiger partial charge is 0.334 e. The Morgan fingerprint density at radius 3 is 2.05 bits per heavy atom. The number of carbonyl (C=O) groups excluding carboxylic acids is 2. The minimum Gasteiger partial charge on any atom is -0.494 e. The van der Waals surface area contributed by atoms with Crippen molar-refractivity contribution in [3.8, 4) is 5.75 Å². The van der Waals surface area contributed by atoms with Crippen molar-refractivity contribution >= 4 is 11.9 Å². The van der Waals surface area contributed by atoms with Gasteiger partial charge in [-0.05, 0) is 58.1 Å². The number of ether oxygens (including phenoxy) is 3. The molecule has 3 rings (SSSR count). The topological polar surface area (TPSA) is 82.1 Å². The molecule has 40 heavy (non-hydrogen) atoms. The molecule has 1 fully saturated rings. The van der Waals surface area contributed by atoms with Crippen LogP contribution in [-0.2, 0) is 19.1 Å². The Bertz CT molecular complexity index is 1000. The highest BCUT2D eigenvalue weighted by atomic mass is 16.6. The maximum absolute atomic E-state index is 12.1. The molecule has 0 bridgehead atoms. The molecule has 0 aliphatic carbocycles. The van der Waals surface area contributed by atoms with Crippen LogP contribution in [0.25, 0.3) is 0 Å². The highest BCUT2D eigenvalue weighted by Gasteiger charge is 2.44. The van der Waals surface area contributed by atoms with Crippen LogP contribution in [0.3, 0.4) is 0 Å². The molecule has 1 atom stereocenters. The van der Waals surface area contributed by atoms with Gasteiger partial charge in [-0.15, -0.1) is 0 Å². The minimum atomic E-state index is -1.17. The SMILES string of the molecule is CC.Cc1ccc(C)cc1.Cc1ccc(OCCCC(=O)OCC2(CO)C/C(=C\CCCC(C)C)C(=O)O2)cc1. The van der Waals surface area contributed by atoms with Crippen LogP contribution in [-0.4, -0.2) is 42.5 Å². The third-order valence-corrected chi connectivity index (χ3v) is 6.28. The zero-order chi connectivity index (χ0) is 30.0. The van der Waals surface area contributed by atoms with E-state index in [1.807, 2.05) is 51.1 Å². The first-order valence-corrected chi connectivity index (χ1v) is 14.5. The second-order valence-corrected chi connectivity index (χ2v) is 10.5. The Hall–Kier alpha value is -3.12. The number of rotatable bonds is 12. The van der Waals surface area contributed by atoms with E-state index in [0.717, 1.165) is 30.6 Å². The number of hydrogen-bond donors (Lipinski definition) is 1. The molecule has 0 spiro atoms. The quantitative estimate of drug-likeness (QED) is 0.167. The zero-order valence-corrected chi connectivity index (χ0v) is 25.6. The maximum Gasteiger partial charge on any atom is 0.334 e. The summed E-state index contributed by atoms with van der Waals surface area (Å²) in [5.74, 6) is 0.549. The van der Waals surface area contributed by atoms with E-state index < -0.39 is 17.5 Å². The van der Waals surface area contributed by atoms with Crippen LogP contribution in [0.5, 0.6) is 5.75 Å². The van der Waals surface area contributed by atoms with Crippen molar-refractivity contribution in [1.29, 1.82) is 0 Å². The fraction of sp³-hybridized carbons (Fsp3) is 0.529. The lowest BCUT2D eigenvalue weighted by Gasteiger charge is -2.24. The van der Waals surface area contributed by atoms with Gasteiger partial charge in [0.25, 0.3) is 0 Å². The number of benzene rings is 2. The van der Waals surface area contributed by atoms with E-state index >= 15 is 0 Å². The summed E-state index contributed by atoms with van der Waals surface area (Å²) in [7, 11) is 0. The summed E-state index contributed by atoms with van der Waals surface area (Å²) in [6.07, 6.45) is 5.74. The lowest BCUT2D eigenvalue weighted by Crippen LogP contribution is -2.39. The molecule has 1 saturated heterocycles. The number of aliphatic hydroxyl groups is 1. The van der Waals surface area contributed by atoms with E-state index in [4.69, 9.17) is 14.2 Å². The van der Waals surface area contributed by atoms with Crippen molar-refractivity contribution in [1.82, 2.24) is 0 Å². The predicted molar refractivity (Wildman–Crippen MR) is 161 cm³/mol. The van der Waals surface area contributed by atoms with Crippen LogP contribution in [0.2, 0.25) is 0 Å². The number of aliphatic hydroxyl groups excluding tert-OH is 1. The van der Waals surface area contributed by atoms with E-state index in [-0.39, 0.29) is 26.1 Å². The Kier molecular flexibility index (Phi) is 16.6. The molecular weight excluding hydrogens is 504 g/mol. The largest absolute Gasteiger partial charge is 0.494 e. The lowest BCUT2D eigenvalue weighted by atomic mass is 9.98. The summed E-state index contributed by atoms with van der Waals surface area (Å²) in [5, 5.41) is 9.75. The maximum atomic E-state index is 12.1. The molecular formula is C34H50O6. The molecule has 222 valence electrons. The van der Waals surface area contributed by atoms with Crippen LogP contribution in [0.15, 0.2) is 60.2 Å². The number of unbranched alkanes of at least 4 members (excludes halogenated alkanes) is 1. The average Bonchev–Trinajstić information content (AvgIpc) is 3.27. The summed E-state index contributed by atoms with van der Waals surface area (Å²) in [4.78, 5) is 24.2. The number of esters is 2. The molecule has 1 heterocycles. The first-order valence-electron chi connectivity index (χ1n) is 14.5. The van der Waals surface area contributed by atoms with E-state index in [2.05, 4.69) is 52.0 Å². The molecule has 0 aromatic heterocycles. The van der Waals surface area contributed by atoms with Gasteiger partial charge in [0.15, 0.2) is 5.60 Å². The summed E-state index contributed by atoms with van der Waals surface area (Å²) in [6.45, 7) is 14.4. The molecule has 0 saturated carbocycles. The van der Waals surface area contributed by atoms with Gasteiger partial charge in [0, 0.05) is 18.4 Å². The first-order chi connectivity index (χ1) is 19.1. The average molecular weight is 555 g/mol. The van der Waals surface area contributed by atoms with Gasteiger partial charge < -0.3 is 19.3 Å². The number of allylic oxidation sites excluding steroid dienone is 1. The van der Waals surface area contributed by atoms with Crippen LogP contribution in [0, 0.1) is 26.7 Å². The van der Waals surface area contributed by atoms with Gasteiger partial charge in [-0.1, -0.05) is 93.3 Å². The van der Waals surface area contributed by atoms with Crippen LogP contribution >= 0.6 is 0 Å². The molecule has 0 amide bonds. The van der Waals surface area contributed by atoms with Crippen molar-refractivity contribution < 1.29 is 28.9 Å². The Morgan fingerprint density at radius 2 is 1.52 bits per heavy atom. The minimum absolute atomic E-state index is 0.143. The fourth-order valence-electron chi connectivity index (χ4n) is 3.85. The van der Waals surface area contributed by atoms with Crippen molar-refractivity contribution in [3.63, 3.8) is 0 Å². The molecule has 1 aliphatic rings. The Morgan fingerprint density at radius 1 is 0.975 bits per heavy atom. The molecule has 1 N–H and O–H groups in total. The van der Waals surface area contributed by atoms with Gasteiger partial charge in [-0.25, -0.2) is 4.79 Å². The molecule has 1 aliphatic heterocycles. The number of aryl methyl sites for hydroxylation is 3. The third kappa shape index (κ3) is 13.8. The summed E-state index contributed by atoms with van der Waals surface area (Å²) < 4.78 is 16.3. The fourth-order valence-corrected chi connectivity index (χ4v) is 3.85. The molecule has 2 aromatic rings. The Labute approximate surface area is 241 Å². The molecule has 1 unspecified atom stereocenters. The van der Waals surface area contributed by atoms with Gasteiger partial charge >= 0.3 is 11.9 Å². The van der Waals surface area contributed by atoms with E-state index in [1.54, 1.807) is 0 Å². The van der Waals surface area contributed by atoms with Crippen LogP contribution < -0.4 is 4.74 Å². The van der Waals surface area contributed by atoms with Gasteiger partial charge in [0.2, 0.25) is 0 Å². The highest BCUT2D eigenvalue weighted by molar-refractivity contribution is 5.91. The Balaban J connectivity index is 0.000000675. The molecule has 0 radical (unpaired) electrons. The normalized spacial score (nSPS) is 16.9. The standard InChI is InChI=1S/C24H34O6.C8H10.C2H6/c1-18(2)7-4-5-8-20-15-24(16-25,30-23(20)27)17-29-22(26)9-6-14-28-21-12-10-19(3)11-13-21;1-7-3-5-8(2)6-4-7;1-2/h8,10-13,18,25H,4-7,9,14-17H2,1-3H3;3-6H,1-2H3;1-2H3/b20-8+;;. The van der Waals surface area contributed by atoms with E-state index in [1.165, 1.54) is 11.1 Å².